The summed E-state index contributed by atoms with van der Waals surface area (Å²) < 4.78 is 1.48. The van der Waals surface area contributed by atoms with E-state index in [1.54, 1.807) is 0 Å². The van der Waals surface area contributed by atoms with Crippen LogP contribution in [0.2, 0.25) is 14.1 Å². The van der Waals surface area contributed by atoms with Gasteiger partial charge >= 0.3 is 76.6 Å². The van der Waals surface area contributed by atoms with E-state index in [1.807, 2.05) is 0 Å². The average Bonchev–Trinajstić information content (AvgIpc) is 2.03. The van der Waals surface area contributed by atoms with Crippen LogP contribution in [0.15, 0.2) is 30.3 Å². The molecular weight excluding hydrogens is 242 g/mol. The van der Waals surface area contributed by atoms with Crippen LogP contribution in [0.5, 0.6) is 0 Å². The molecule has 1 rings (SSSR count). The molecule has 0 amide bonds. The summed E-state index contributed by atoms with van der Waals surface area (Å²) in [5, 5.41) is 0. The van der Waals surface area contributed by atoms with E-state index < -0.39 is 20.2 Å². The van der Waals surface area contributed by atoms with Crippen molar-refractivity contribution in [3.05, 3.63) is 35.9 Å². The van der Waals surface area contributed by atoms with E-state index >= 15 is 0 Å². The summed E-state index contributed by atoms with van der Waals surface area (Å²) in [6, 6.07) is 10.8. The van der Waals surface area contributed by atoms with E-state index in [-0.39, 0.29) is 0 Å². The van der Waals surface area contributed by atoms with Crippen LogP contribution in [0.4, 0.5) is 0 Å². The van der Waals surface area contributed by atoms with Gasteiger partial charge in [0.05, 0.1) is 0 Å². The van der Waals surface area contributed by atoms with E-state index in [9.17, 15) is 0 Å². The fraction of sp³-hybridized carbons (Fsp3) is 0.400. The van der Waals surface area contributed by atoms with Crippen molar-refractivity contribution in [1.29, 1.82) is 0 Å². The van der Waals surface area contributed by atoms with Gasteiger partial charge in [0.1, 0.15) is 0 Å². The number of hydrogen-bond donors (Lipinski definition) is 0. The zero-order chi connectivity index (χ0) is 8.10. The fourth-order valence-corrected chi connectivity index (χ4v) is 3.01. The number of hydrogen-bond acceptors (Lipinski definition) is 0. The van der Waals surface area contributed by atoms with Crippen LogP contribution in [0.1, 0.15) is 5.56 Å². The summed E-state index contributed by atoms with van der Waals surface area (Å²) >= 11 is -0.710. The van der Waals surface area contributed by atoms with Crippen LogP contribution >= 0.6 is 0 Å². The standard InChI is InChI=1S/C8H9.2CH3.Sb/c1-2-8-6-4-3-5-7-8;;;/h3-7H,1-2H2;2*1H3;. The summed E-state index contributed by atoms with van der Waals surface area (Å²) in [5.74, 6) is 0. The third-order valence-corrected chi connectivity index (χ3v) is 4.88. The third-order valence-electron chi connectivity index (χ3n) is 1.69. The first kappa shape index (κ1) is 9.13. The molecule has 0 aliphatic carbocycles. The van der Waals surface area contributed by atoms with Crippen LogP contribution in [0.3, 0.4) is 0 Å². The van der Waals surface area contributed by atoms with Gasteiger partial charge in [0.2, 0.25) is 0 Å². The Morgan fingerprint density at radius 1 is 1.09 bits per heavy atom. The van der Waals surface area contributed by atoms with Crippen LogP contribution in [0, 0.1) is 0 Å². The average molecular weight is 257 g/mol. The molecule has 60 valence electrons. The Morgan fingerprint density at radius 3 is 2.27 bits per heavy atom. The van der Waals surface area contributed by atoms with Gasteiger partial charge in [0.15, 0.2) is 0 Å². The van der Waals surface area contributed by atoms with Gasteiger partial charge in [-0.25, -0.2) is 0 Å². The Kier molecular flexibility index (Phi) is 4.00. The Bertz CT molecular complexity index is 191. The first-order chi connectivity index (χ1) is 5.29. The third kappa shape index (κ3) is 3.82. The molecule has 0 spiro atoms. The van der Waals surface area contributed by atoms with Crippen molar-refractivity contribution >= 4 is 20.2 Å². The van der Waals surface area contributed by atoms with Crippen molar-refractivity contribution in [1.82, 2.24) is 0 Å². The molecule has 0 aliphatic heterocycles. The molecular formula is C10H15Sb. The quantitative estimate of drug-likeness (QED) is 0.730. The maximum absolute atomic E-state index is 2.45. The summed E-state index contributed by atoms with van der Waals surface area (Å²) in [6.45, 7) is 0. The van der Waals surface area contributed by atoms with Crippen molar-refractivity contribution in [3.63, 3.8) is 0 Å². The summed E-state index contributed by atoms with van der Waals surface area (Å²) in [7, 11) is 0. The Balaban J connectivity index is 2.39. The van der Waals surface area contributed by atoms with Gasteiger partial charge < -0.3 is 0 Å². The van der Waals surface area contributed by atoms with E-state index in [4.69, 9.17) is 0 Å². The second kappa shape index (κ2) is 4.82. The Morgan fingerprint density at radius 2 is 1.73 bits per heavy atom. The van der Waals surface area contributed by atoms with Crippen LogP contribution in [-0.4, -0.2) is 20.2 Å². The van der Waals surface area contributed by atoms with Gasteiger partial charge in [-0.15, -0.1) is 0 Å². The minimum atomic E-state index is -0.710. The normalized spacial score (nSPS) is 10.5. The zero-order valence-corrected chi connectivity index (χ0v) is 9.80. The van der Waals surface area contributed by atoms with Gasteiger partial charge in [-0.2, -0.15) is 0 Å². The van der Waals surface area contributed by atoms with Crippen LogP contribution in [0.25, 0.3) is 0 Å². The Hall–Kier alpha value is 0.0382. The molecule has 0 atom stereocenters. The van der Waals surface area contributed by atoms with Crippen molar-refractivity contribution in [2.24, 2.45) is 0 Å². The summed E-state index contributed by atoms with van der Waals surface area (Å²) in [6.07, 6.45) is 1.30. The Labute approximate surface area is 76.6 Å². The summed E-state index contributed by atoms with van der Waals surface area (Å²) in [4.78, 5) is 4.90. The van der Waals surface area contributed by atoms with Crippen LogP contribution < -0.4 is 0 Å². The molecule has 1 heteroatoms. The molecule has 0 aliphatic rings. The minimum absolute atomic E-state index is 0.710. The first-order valence-electron chi connectivity index (χ1n) is 3.97. The topological polar surface area (TPSA) is 0 Å². The molecule has 0 nitrogen and oxygen atoms in total. The molecule has 1 aromatic rings. The molecule has 0 unspecified atom stereocenters. The van der Waals surface area contributed by atoms with Crippen molar-refractivity contribution in [2.75, 3.05) is 0 Å². The van der Waals surface area contributed by atoms with Gasteiger partial charge in [0.25, 0.3) is 0 Å². The SMILES string of the molecule is [CH3][Sb]([CH3])[CH2]Cc1ccccc1. The van der Waals surface area contributed by atoms with E-state index in [0.717, 1.165) is 0 Å². The fourth-order valence-electron chi connectivity index (χ4n) is 0.997. The van der Waals surface area contributed by atoms with Gasteiger partial charge in [-0.05, 0) is 0 Å². The second-order valence-electron chi connectivity index (χ2n) is 3.04. The first-order valence-corrected chi connectivity index (χ1v) is 10.9. The molecule has 1 aromatic carbocycles. The molecule has 0 saturated carbocycles. The molecule has 11 heavy (non-hydrogen) atoms. The molecule has 0 bridgehead atoms. The van der Waals surface area contributed by atoms with Crippen molar-refractivity contribution in [2.45, 2.75) is 20.5 Å². The molecule has 0 fully saturated rings. The molecule has 0 saturated heterocycles. The molecule has 0 N–H and O–H groups in total. The maximum atomic E-state index is 2.45. The monoisotopic (exact) mass is 256 g/mol. The predicted molar refractivity (Wildman–Crippen MR) is 52.4 cm³/mol. The number of rotatable bonds is 3. The second-order valence-corrected chi connectivity index (χ2v) is 10.5. The van der Waals surface area contributed by atoms with E-state index in [0.29, 0.717) is 0 Å². The van der Waals surface area contributed by atoms with Gasteiger partial charge in [0, 0.05) is 0 Å². The van der Waals surface area contributed by atoms with E-state index in [1.165, 1.54) is 16.4 Å². The van der Waals surface area contributed by atoms with Crippen molar-refractivity contribution < 1.29 is 0 Å². The zero-order valence-electron chi connectivity index (χ0n) is 7.25. The van der Waals surface area contributed by atoms with Gasteiger partial charge in [-0.1, -0.05) is 0 Å². The number of benzene rings is 1. The van der Waals surface area contributed by atoms with Gasteiger partial charge in [-0.3, -0.25) is 0 Å². The predicted octanol–water partition coefficient (Wildman–Crippen LogP) is 2.98. The summed E-state index contributed by atoms with van der Waals surface area (Å²) in [5.41, 5.74) is 1.51. The van der Waals surface area contributed by atoms with E-state index in [2.05, 4.69) is 40.1 Å². The molecule has 0 radical (unpaired) electrons. The van der Waals surface area contributed by atoms with Crippen LogP contribution in [-0.2, 0) is 6.42 Å². The van der Waals surface area contributed by atoms with Crippen molar-refractivity contribution in [3.8, 4) is 0 Å². The molecule has 0 heterocycles. The number of aryl methyl sites for hydroxylation is 1. The molecule has 0 aromatic heterocycles.